The molecule has 7 nitrogen and oxygen atoms in total. The Morgan fingerprint density at radius 2 is 2.00 bits per heavy atom. The van der Waals surface area contributed by atoms with Crippen molar-refractivity contribution in [2.75, 3.05) is 5.32 Å². The number of rotatable bonds is 6. The van der Waals surface area contributed by atoms with Crippen molar-refractivity contribution in [1.29, 1.82) is 0 Å². The molecule has 138 valence electrons. The number of hydrogen-bond acceptors (Lipinski definition) is 5. The number of carbonyl (C=O) groups is 1. The summed E-state index contributed by atoms with van der Waals surface area (Å²) in [5, 5.41) is 14.5. The molecule has 2 aromatic carbocycles. The van der Waals surface area contributed by atoms with E-state index in [1.165, 1.54) is 18.2 Å². The summed E-state index contributed by atoms with van der Waals surface area (Å²) >= 11 is 0. The second kappa shape index (κ2) is 7.10. The Hall–Kier alpha value is -3.36. The van der Waals surface area contributed by atoms with Crippen molar-refractivity contribution in [3.63, 3.8) is 0 Å². The lowest BCUT2D eigenvalue weighted by Gasteiger charge is -2.11. The Balaban J connectivity index is 1.57. The molecule has 3 aromatic rings. The summed E-state index contributed by atoms with van der Waals surface area (Å²) in [6.07, 6.45) is 2.07. The van der Waals surface area contributed by atoms with E-state index < -0.39 is 12.5 Å². The molecule has 0 radical (unpaired) electrons. The quantitative estimate of drug-likeness (QED) is 0.717. The summed E-state index contributed by atoms with van der Waals surface area (Å²) < 4.78 is 31.3. The van der Waals surface area contributed by atoms with E-state index in [4.69, 9.17) is 0 Å². The Morgan fingerprint density at radius 1 is 1.19 bits per heavy atom. The first-order chi connectivity index (χ1) is 13.1. The summed E-state index contributed by atoms with van der Waals surface area (Å²) in [6.45, 7) is -3.01. The van der Waals surface area contributed by atoms with Crippen LogP contribution in [0.5, 0.6) is 5.75 Å². The van der Waals surface area contributed by atoms with Crippen molar-refractivity contribution in [1.82, 2.24) is 20.2 Å². The van der Waals surface area contributed by atoms with E-state index >= 15 is 0 Å². The molecule has 0 atom stereocenters. The minimum atomic E-state index is -3.01. The third kappa shape index (κ3) is 3.76. The van der Waals surface area contributed by atoms with Gasteiger partial charge in [-0.15, -0.1) is 5.10 Å². The number of halogens is 2. The minimum Gasteiger partial charge on any atom is -0.434 e. The van der Waals surface area contributed by atoms with Crippen LogP contribution in [0.2, 0.25) is 0 Å². The molecule has 1 N–H and O–H groups in total. The lowest BCUT2D eigenvalue weighted by atomic mass is 10.1. The highest BCUT2D eigenvalue weighted by atomic mass is 19.3. The van der Waals surface area contributed by atoms with Gasteiger partial charge in [-0.1, -0.05) is 24.3 Å². The number of aromatic nitrogens is 4. The standard InChI is InChI=1S/C18H15F2N5O2/c19-18(20)27-15-7-2-1-6-14(15)17(26)21-12-5-3-4-11(10-12)16-22-23-24-25(16)13-8-9-13/h1-7,10,13,18H,8-9H2,(H,21,26). The first-order valence-corrected chi connectivity index (χ1v) is 8.35. The number of nitrogens with zero attached hydrogens (tertiary/aromatic N) is 4. The lowest BCUT2D eigenvalue weighted by Crippen LogP contribution is -2.15. The van der Waals surface area contributed by atoms with E-state index in [2.05, 4.69) is 25.6 Å². The first-order valence-electron chi connectivity index (χ1n) is 8.35. The Labute approximate surface area is 153 Å². The average Bonchev–Trinajstić information content (AvgIpc) is 3.38. The SMILES string of the molecule is O=C(Nc1cccc(-c2nnnn2C2CC2)c1)c1ccccc1OC(F)F. The van der Waals surface area contributed by atoms with Gasteiger partial charge in [0.05, 0.1) is 11.6 Å². The molecule has 9 heteroatoms. The molecule has 0 spiro atoms. The van der Waals surface area contributed by atoms with Crippen molar-refractivity contribution < 1.29 is 18.3 Å². The number of nitrogens with one attached hydrogen (secondary N) is 1. The number of tetrazole rings is 1. The number of carbonyl (C=O) groups excluding carboxylic acids is 1. The van der Waals surface area contributed by atoms with Crippen LogP contribution in [0, 0.1) is 0 Å². The highest BCUT2D eigenvalue weighted by molar-refractivity contribution is 6.06. The van der Waals surface area contributed by atoms with Crippen LogP contribution in [-0.4, -0.2) is 32.7 Å². The number of benzene rings is 2. The Morgan fingerprint density at radius 3 is 2.78 bits per heavy atom. The van der Waals surface area contributed by atoms with Gasteiger partial charge < -0.3 is 10.1 Å². The van der Waals surface area contributed by atoms with Crippen LogP contribution in [-0.2, 0) is 0 Å². The topological polar surface area (TPSA) is 81.9 Å². The maximum atomic E-state index is 12.5. The minimum absolute atomic E-state index is 0.0195. The summed E-state index contributed by atoms with van der Waals surface area (Å²) in [6, 6.07) is 13.2. The van der Waals surface area contributed by atoms with Crippen molar-refractivity contribution in [2.24, 2.45) is 0 Å². The summed E-state index contributed by atoms with van der Waals surface area (Å²) in [7, 11) is 0. The normalized spacial score (nSPS) is 13.6. The summed E-state index contributed by atoms with van der Waals surface area (Å²) in [5.74, 6) is -0.112. The summed E-state index contributed by atoms with van der Waals surface area (Å²) in [4.78, 5) is 12.5. The van der Waals surface area contributed by atoms with Gasteiger partial charge >= 0.3 is 6.61 Å². The van der Waals surface area contributed by atoms with E-state index in [0.717, 1.165) is 18.4 Å². The van der Waals surface area contributed by atoms with Gasteiger partial charge in [-0.3, -0.25) is 4.79 Å². The maximum absolute atomic E-state index is 12.5. The van der Waals surface area contributed by atoms with Gasteiger partial charge in [-0.05, 0) is 47.5 Å². The lowest BCUT2D eigenvalue weighted by molar-refractivity contribution is -0.0501. The maximum Gasteiger partial charge on any atom is 0.387 e. The smallest absolute Gasteiger partial charge is 0.387 e. The van der Waals surface area contributed by atoms with E-state index in [0.29, 0.717) is 17.6 Å². The van der Waals surface area contributed by atoms with Gasteiger partial charge in [-0.25, -0.2) is 4.68 Å². The predicted molar refractivity (Wildman–Crippen MR) is 92.6 cm³/mol. The number of para-hydroxylation sites is 1. The molecule has 0 unspecified atom stereocenters. The molecule has 1 heterocycles. The molecule has 1 aliphatic rings. The van der Waals surface area contributed by atoms with Crippen LogP contribution in [0.1, 0.15) is 29.2 Å². The molecule has 1 aromatic heterocycles. The number of alkyl halides is 2. The molecule has 0 saturated heterocycles. The largest absolute Gasteiger partial charge is 0.434 e. The molecular weight excluding hydrogens is 356 g/mol. The zero-order valence-electron chi connectivity index (χ0n) is 14.0. The highest BCUT2D eigenvalue weighted by Gasteiger charge is 2.28. The zero-order valence-corrected chi connectivity index (χ0v) is 14.0. The second-order valence-corrected chi connectivity index (χ2v) is 6.09. The number of amides is 1. The molecule has 4 rings (SSSR count). The van der Waals surface area contributed by atoms with Crippen LogP contribution in [0.3, 0.4) is 0 Å². The Kier molecular flexibility index (Phi) is 4.49. The van der Waals surface area contributed by atoms with Gasteiger partial charge in [0.2, 0.25) is 0 Å². The van der Waals surface area contributed by atoms with Crippen LogP contribution in [0.25, 0.3) is 11.4 Å². The molecule has 0 bridgehead atoms. The van der Waals surface area contributed by atoms with Gasteiger partial charge in [-0.2, -0.15) is 8.78 Å². The summed E-state index contributed by atoms with van der Waals surface area (Å²) in [5.41, 5.74) is 1.27. The number of anilines is 1. The van der Waals surface area contributed by atoms with E-state index in [9.17, 15) is 13.6 Å². The predicted octanol–water partition coefficient (Wildman–Crippen LogP) is 3.53. The van der Waals surface area contributed by atoms with Crippen molar-refractivity contribution in [3.05, 3.63) is 54.1 Å². The zero-order chi connectivity index (χ0) is 18.8. The van der Waals surface area contributed by atoms with Crippen molar-refractivity contribution in [2.45, 2.75) is 25.5 Å². The molecule has 1 saturated carbocycles. The van der Waals surface area contributed by atoms with E-state index in [1.807, 2.05) is 6.07 Å². The highest BCUT2D eigenvalue weighted by Crippen LogP contribution is 2.36. The average molecular weight is 371 g/mol. The van der Waals surface area contributed by atoms with Crippen LogP contribution in [0.4, 0.5) is 14.5 Å². The molecule has 0 aliphatic heterocycles. The van der Waals surface area contributed by atoms with Gasteiger partial charge in [0.25, 0.3) is 5.91 Å². The molecule has 1 amide bonds. The fraction of sp³-hybridized carbons (Fsp3) is 0.222. The van der Waals surface area contributed by atoms with Gasteiger partial charge in [0.1, 0.15) is 5.75 Å². The second-order valence-electron chi connectivity index (χ2n) is 6.09. The van der Waals surface area contributed by atoms with E-state index in [-0.39, 0.29) is 11.3 Å². The molecule has 27 heavy (non-hydrogen) atoms. The fourth-order valence-corrected chi connectivity index (χ4v) is 2.74. The monoisotopic (exact) mass is 371 g/mol. The number of ether oxygens (including phenoxy) is 1. The molecular formula is C18H15F2N5O2. The van der Waals surface area contributed by atoms with Gasteiger partial charge in [0.15, 0.2) is 5.82 Å². The third-order valence-electron chi connectivity index (χ3n) is 4.11. The molecule has 1 fully saturated rings. The Bertz CT molecular complexity index is 972. The van der Waals surface area contributed by atoms with E-state index in [1.54, 1.807) is 28.9 Å². The van der Waals surface area contributed by atoms with Crippen LogP contribution >= 0.6 is 0 Å². The molecule has 1 aliphatic carbocycles. The van der Waals surface area contributed by atoms with Crippen LogP contribution in [0.15, 0.2) is 48.5 Å². The fourth-order valence-electron chi connectivity index (χ4n) is 2.74. The third-order valence-corrected chi connectivity index (χ3v) is 4.11. The van der Waals surface area contributed by atoms with Crippen LogP contribution < -0.4 is 10.1 Å². The first kappa shape index (κ1) is 17.1. The van der Waals surface area contributed by atoms with Crippen molar-refractivity contribution >= 4 is 11.6 Å². The van der Waals surface area contributed by atoms with Crippen molar-refractivity contribution in [3.8, 4) is 17.1 Å². The number of hydrogen-bond donors (Lipinski definition) is 1. The van der Waals surface area contributed by atoms with Gasteiger partial charge in [0, 0.05) is 11.3 Å².